The van der Waals surface area contributed by atoms with Gasteiger partial charge in [-0.1, -0.05) is 23.9 Å². The number of tetrazole rings is 1. The monoisotopic (exact) mass is 397 g/mol. The van der Waals surface area contributed by atoms with Crippen molar-refractivity contribution in [2.24, 2.45) is 0 Å². The maximum absolute atomic E-state index is 13.1. The van der Waals surface area contributed by atoms with E-state index in [4.69, 9.17) is 0 Å². The Balaban J connectivity index is 1.51. The average Bonchev–Trinajstić information content (AvgIpc) is 3.32. The SMILES string of the molecule is Cc1cccc(-n2nnnc2SCc2csc(-c3ccc(F)cc3)n2)c1C. The maximum atomic E-state index is 13.1. The van der Waals surface area contributed by atoms with Gasteiger partial charge in [0, 0.05) is 16.7 Å². The summed E-state index contributed by atoms with van der Waals surface area (Å²) in [5.41, 5.74) is 5.19. The van der Waals surface area contributed by atoms with Crippen LogP contribution in [0.1, 0.15) is 16.8 Å². The third-order valence-corrected chi connectivity index (χ3v) is 6.13. The molecule has 2 heterocycles. The predicted octanol–water partition coefficient (Wildman–Crippen LogP) is 4.83. The van der Waals surface area contributed by atoms with Crippen molar-refractivity contribution in [2.75, 3.05) is 0 Å². The van der Waals surface area contributed by atoms with Crippen LogP contribution < -0.4 is 0 Å². The summed E-state index contributed by atoms with van der Waals surface area (Å²) in [6, 6.07) is 12.5. The summed E-state index contributed by atoms with van der Waals surface area (Å²) in [6.07, 6.45) is 0. The molecule has 0 atom stereocenters. The fraction of sp³-hybridized carbons (Fsp3) is 0.158. The van der Waals surface area contributed by atoms with E-state index in [-0.39, 0.29) is 5.82 Å². The molecule has 2 aromatic carbocycles. The first-order chi connectivity index (χ1) is 13.1. The second-order valence-corrected chi connectivity index (χ2v) is 7.83. The highest BCUT2D eigenvalue weighted by Crippen LogP contribution is 2.28. The molecule has 2 aromatic heterocycles. The second kappa shape index (κ2) is 7.58. The van der Waals surface area contributed by atoms with E-state index in [9.17, 15) is 4.39 Å². The minimum absolute atomic E-state index is 0.246. The van der Waals surface area contributed by atoms with Crippen LogP contribution in [0.2, 0.25) is 0 Å². The highest BCUT2D eigenvalue weighted by molar-refractivity contribution is 7.98. The molecule has 0 spiro atoms. The van der Waals surface area contributed by atoms with Crippen LogP contribution in [0, 0.1) is 19.7 Å². The molecule has 27 heavy (non-hydrogen) atoms. The van der Waals surface area contributed by atoms with Gasteiger partial charge in [-0.05, 0) is 65.7 Å². The maximum Gasteiger partial charge on any atom is 0.214 e. The topological polar surface area (TPSA) is 56.5 Å². The van der Waals surface area contributed by atoms with E-state index in [1.165, 1.54) is 29.5 Å². The van der Waals surface area contributed by atoms with E-state index in [1.807, 2.05) is 17.5 Å². The molecule has 4 rings (SSSR count). The van der Waals surface area contributed by atoms with Crippen LogP contribution in [0.15, 0.2) is 53.0 Å². The van der Waals surface area contributed by atoms with Gasteiger partial charge in [0.1, 0.15) is 10.8 Å². The van der Waals surface area contributed by atoms with Gasteiger partial charge >= 0.3 is 0 Å². The Morgan fingerprint density at radius 3 is 2.74 bits per heavy atom. The van der Waals surface area contributed by atoms with Crippen molar-refractivity contribution in [1.29, 1.82) is 0 Å². The molecule has 0 aliphatic carbocycles. The molecule has 0 amide bonds. The Morgan fingerprint density at radius 2 is 1.93 bits per heavy atom. The highest BCUT2D eigenvalue weighted by Gasteiger charge is 2.13. The molecule has 0 bridgehead atoms. The zero-order valence-corrected chi connectivity index (χ0v) is 16.4. The second-order valence-electron chi connectivity index (χ2n) is 6.03. The number of rotatable bonds is 5. The van der Waals surface area contributed by atoms with Crippen LogP contribution in [-0.2, 0) is 5.75 Å². The zero-order valence-electron chi connectivity index (χ0n) is 14.8. The smallest absolute Gasteiger partial charge is 0.214 e. The number of benzene rings is 2. The molecular formula is C19H16FN5S2. The van der Waals surface area contributed by atoms with Crippen LogP contribution >= 0.6 is 23.1 Å². The molecule has 0 fully saturated rings. The lowest BCUT2D eigenvalue weighted by Gasteiger charge is -2.09. The van der Waals surface area contributed by atoms with E-state index in [0.717, 1.165) is 32.7 Å². The predicted molar refractivity (Wildman–Crippen MR) is 106 cm³/mol. The average molecular weight is 398 g/mol. The molecule has 5 nitrogen and oxygen atoms in total. The summed E-state index contributed by atoms with van der Waals surface area (Å²) < 4.78 is 14.8. The number of halogens is 1. The summed E-state index contributed by atoms with van der Waals surface area (Å²) in [5, 5.41) is 15.7. The third-order valence-electron chi connectivity index (χ3n) is 4.24. The first-order valence-electron chi connectivity index (χ1n) is 8.30. The summed E-state index contributed by atoms with van der Waals surface area (Å²) in [7, 11) is 0. The van der Waals surface area contributed by atoms with Crippen molar-refractivity contribution < 1.29 is 4.39 Å². The quantitative estimate of drug-likeness (QED) is 0.451. The van der Waals surface area contributed by atoms with Gasteiger partial charge in [0.05, 0.1) is 11.4 Å². The Hall–Kier alpha value is -2.58. The number of aryl methyl sites for hydroxylation is 1. The largest absolute Gasteiger partial charge is 0.240 e. The molecule has 0 aliphatic heterocycles. The Kier molecular flexibility index (Phi) is 5.00. The molecule has 4 aromatic rings. The Morgan fingerprint density at radius 1 is 1.11 bits per heavy atom. The number of hydrogen-bond donors (Lipinski definition) is 0. The van der Waals surface area contributed by atoms with Crippen molar-refractivity contribution in [3.05, 3.63) is 70.5 Å². The lowest BCUT2D eigenvalue weighted by Crippen LogP contribution is -2.02. The highest BCUT2D eigenvalue weighted by atomic mass is 32.2. The minimum Gasteiger partial charge on any atom is -0.240 e. The normalized spacial score (nSPS) is 11.1. The third kappa shape index (κ3) is 3.77. The fourth-order valence-electron chi connectivity index (χ4n) is 2.62. The van der Waals surface area contributed by atoms with E-state index >= 15 is 0 Å². The van der Waals surface area contributed by atoms with Crippen LogP contribution in [-0.4, -0.2) is 25.2 Å². The molecule has 0 unspecified atom stereocenters. The number of thiazole rings is 1. The van der Waals surface area contributed by atoms with Crippen molar-refractivity contribution >= 4 is 23.1 Å². The van der Waals surface area contributed by atoms with E-state index in [0.29, 0.717) is 5.75 Å². The van der Waals surface area contributed by atoms with Gasteiger partial charge in [0.25, 0.3) is 0 Å². The molecule has 0 aliphatic rings. The standard InChI is InChI=1S/C19H16FN5S2/c1-12-4-3-5-17(13(12)2)25-19(22-23-24-25)27-11-16-10-26-18(21-16)14-6-8-15(20)9-7-14/h3-10H,11H2,1-2H3. The van der Waals surface area contributed by atoms with Crippen molar-refractivity contribution in [1.82, 2.24) is 25.2 Å². The Bertz CT molecular complexity index is 1070. The van der Waals surface area contributed by atoms with Crippen molar-refractivity contribution in [3.63, 3.8) is 0 Å². The van der Waals surface area contributed by atoms with E-state index in [1.54, 1.807) is 28.2 Å². The van der Waals surface area contributed by atoms with Gasteiger partial charge < -0.3 is 0 Å². The van der Waals surface area contributed by atoms with E-state index < -0.39 is 0 Å². The molecule has 0 N–H and O–H groups in total. The van der Waals surface area contributed by atoms with Gasteiger partial charge in [-0.3, -0.25) is 0 Å². The first-order valence-corrected chi connectivity index (χ1v) is 10.2. The molecule has 0 radical (unpaired) electrons. The molecule has 0 saturated heterocycles. The Labute approximate surface area is 164 Å². The van der Waals surface area contributed by atoms with Gasteiger partial charge in [-0.25, -0.2) is 9.37 Å². The first kappa shape index (κ1) is 17.8. The summed E-state index contributed by atoms with van der Waals surface area (Å²) >= 11 is 3.08. The number of aromatic nitrogens is 5. The van der Waals surface area contributed by atoms with Gasteiger partial charge in [-0.15, -0.1) is 16.4 Å². The summed E-state index contributed by atoms with van der Waals surface area (Å²) in [5.74, 6) is 0.410. The fourth-order valence-corrected chi connectivity index (χ4v) is 4.33. The molecular weight excluding hydrogens is 381 g/mol. The van der Waals surface area contributed by atoms with Gasteiger partial charge in [0.15, 0.2) is 0 Å². The lowest BCUT2D eigenvalue weighted by atomic mass is 10.1. The summed E-state index contributed by atoms with van der Waals surface area (Å²) in [6.45, 7) is 4.14. The minimum atomic E-state index is -0.246. The summed E-state index contributed by atoms with van der Waals surface area (Å²) in [4.78, 5) is 4.64. The van der Waals surface area contributed by atoms with Crippen LogP contribution in [0.3, 0.4) is 0 Å². The van der Waals surface area contributed by atoms with Crippen LogP contribution in [0.25, 0.3) is 16.3 Å². The number of nitrogens with zero attached hydrogens (tertiary/aromatic N) is 5. The van der Waals surface area contributed by atoms with Gasteiger partial charge in [0.2, 0.25) is 5.16 Å². The lowest BCUT2D eigenvalue weighted by molar-refractivity contribution is 0.628. The number of hydrogen-bond acceptors (Lipinski definition) is 6. The molecule has 8 heteroatoms. The van der Waals surface area contributed by atoms with Crippen molar-refractivity contribution in [2.45, 2.75) is 24.8 Å². The van der Waals surface area contributed by atoms with Crippen LogP contribution in [0.4, 0.5) is 4.39 Å². The number of thioether (sulfide) groups is 1. The molecule has 0 saturated carbocycles. The van der Waals surface area contributed by atoms with E-state index in [2.05, 4.69) is 40.4 Å². The van der Waals surface area contributed by atoms with Crippen molar-refractivity contribution in [3.8, 4) is 16.3 Å². The molecule has 136 valence electrons. The van der Waals surface area contributed by atoms with Gasteiger partial charge in [-0.2, -0.15) is 4.68 Å². The van der Waals surface area contributed by atoms with Crippen LogP contribution in [0.5, 0.6) is 0 Å². The zero-order chi connectivity index (χ0) is 18.8.